The number of carbonyl (C=O) groups excluding carboxylic acids is 2. The first-order valence-corrected chi connectivity index (χ1v) is 14.3. The van der Waals surface area contributed by atoms with Gasteiger partial charge in [-0.15, -0.1) is 0 Å². The van der Waals surface area contributed by atoms with E-state index in [1.807, 2.05) is 22.2 Å². The van der Waals surface area contributed by atoms with Crippen LogP contribution in [0.15, 0.2) is 60.9 Å². The summed E-state index contributed by atoms with van der Waals surface area (Å²) in [5.41, 5.74) is 17.6. The Hall–Kier alpha value is -4.28. The van der Waals surface area contributed by atoms with Crippen molar-refractivity contribution in [2.75, 3.05) is 19.6 Å². The molecule has 0 radical (unpaired) electrons. The smallest absolute Gasteiger partial charge is 0.239 e. The summed E-state index contributed by atoms with van der Waals surface area (Å²) in [5, 5.41) is 0. The molecule has 0 aliphatic carbocycles. The van der Waals surface area contributed by atoms with Gasteiger partial charge in [-0.25, -0.2) is 9.97 Å². The van der Waals surface area contributed by atoms with Crippen molar-refractivity contribution in [3.63, 3.8) is 0 Å². The number of nitrogens with zero attached hydrogens (tertiary/aromatic N) is 4. The van der Waals surface area contributed by atoms with E-state index in [0.29, 0.717) is 6.54 Å². The molecule has 2 aromatic heterocycles. The number of likely N-dealkylation sites (tertiary alicyclic amines) is 2. The first kappa shape index (κ1) is 26.9. The molecule has 4 heterocycles. The third-order valence-corrected chi connectivity index (χ3v) is 8.22. The van der Waals surface area contributed by atoms with Crippen LogP contribution in [0.25, 0.3) is 33.6 Å². The fourth-order valence-electron chi connectivity index (χ4n) is 6.03. The first-order chi connectivity index (χ1) is 19.9. The Morgan fingerprint density at radius 1 is 0.805 bits per heavy atom. The summed E-state index contributed by atoms with van der Waals surface area (Å²) in [4.78, 5) is 44.4. The minimum atomic E-state index is -0.514. The van der Waals surface area contributed by atoms with Crippen molar-refractivity contribution in [2.24, 2.45) is 11.5 Å². The van der Waals surface area contributed by atoms with Gasteiger partial charge in [-0.3, -0.25) is 9.59 Å². The van der Waals surface area contributed by atoms with Crippen molar-refractivity contribution in [1.29, 1.82) is 0 Å². The molecular weight excluding hydrogens is 516 g/mol. The number of aromatic nitrogens is 4. The van der Waals surface area contributed by atoms with Crippen LogP contribution in [-0.4, -0.2) is 67.2 Å². The first-order valence-electron chi connectivity index (χ1n) is 14.3. The van der Waals surface area contributed by atoms with Gasteiger partial charge in [0.25, 0.3) is 0 Å². The Bertz CT molecular complexity index is 1520. The number of aromatic amines is 2. The fraction of sp³-hybridized carbons (Fsp3) is 0.355. The SMILES string of the molecule is C[C@H](N)C(=O)N1CCC[C@H]1c1ncc(-c2ccc(-c3ccc(-c4cnc([C@@H]5CCCN5C(=O)CN)[nH]4)cc3)cc2)[nH]1. The molecule has 2 fully saturated rings. The number of hydrogen-bond donors (Lipinski definition) is 4. The van der Waals surface area contributed by atoms with Gasteiger partial charge in [-0.1, -0.05) is 48.5 Å². The Balaban J connectivity index is 1.14. The van der Waals surface area contributed by atoms with Crippen LogP contribution in [0.1, 0.15) is 56.3 Å². The van der Waals surface area contributed by atoms with E-state index in [-0.39, 0.29) is 30.4 Å². The highest BCUT2D eigenvalue weighted by molar-refractivity contribution is 5.82. The molecule has 3 atom stereocenters. The maximum Gasteiger partial charge on any atom is 0.239 e. The quantitative estimate of drug-likeness (QED) is 0.274. The predicted octanol–water partition coefficient (Wildman–Crippen LogP) is 3.77. The number of hydrogen-bond acceptors (Lipinski definition) is 6. The summed E-state index contributed by atoms with van der Waals surface area (Å²) in [5.74, 6) is 1.54. The zero-order valence-electron chi connectivity index (χ0n) is 23.2. The van der Waals surface area contributed by atoms with Crippen LogP contribution in [0.5, 0.6) is 0 Å². The molecule has 0 spiro atoms. The van der Waals surface area contributed by atoms with Crippen LogP contribution in [0, 0.1) is 0 Å². The Morgan fingerprint density at radius 2 is 1.24 bits per heavy atom. The van der Waals surface area contributed by atoms with Crippen LogP contribution in [0.4, 0.5) is 0 Å². The van der Waals surface area contributed by atoms with E-state index in [9.17, 15) is 9.59 Å². The number of imidazole rings is 2. The van der Waals surface area contributed by atoms with E-state index in [1.165, 1.54) is 0 Å². The summed E-state index contributed by atoms with van der Waals surface area (Å²) >= 11 is 0. The third kappa shape index (κ3) is 5.28. The summed E-state index contributed by atoms with van der Waals surface area (Å²) in [7, 11) is 0. The second kappa shape index (κ2) is 11.3. The second-order valence-corrected chi connectivity index (χ2v) is 10.9. The molecular formula is C31H36N8O2. The van der Waals surface area contributed by atoms with Crippen molar-refractivity contribution in [1.82, 2.24) is 29.7 Å². The predicted molar refractivity (Wildman–Crippen MR) is 157 cm³/mol. The van der Waals surface area contributed by atoms with Gasteiger partial charge in [-0.2, -0.15) is 0 Å². The molecule has 0 bridgehead atoms. The van der Waals surface area contributed by atoms with Crippen molar-refractivity contribution in [2.45, 2.75) is 50.7 Å². The monoisotopic (exact) mass is 552 g/mol. The molecule has 6 rings (SSSR count). The minimum Gasteiger partial charge on any atom is -0.340 e. The topological polar surface area (TPSA) is 150 Å². The van der Waals surface area contributed by atoms with Crippen LogP contribution in [0.2, 0.25) is 0 Å². The molecule has 10 heteroatoms. The Kier molecular flexibility index (Phi) is 7.42. The van der Waals surface area contributed by atoms with E-state index in [1.54, 1.807) is 6.92 Å². The van der Waals surface area contributed by atoms with E-state index in [4.69, 9.17) is 11.5 Å². The highest BCUT2D eigenvalue weighted by atomic mass is 16.2. The molecule has 2 saturated heterocycles. The van der Waals surface area contributed by atoms with E-state index in [0.717, 1.165) is 77.5 Å². The number of rotatable bonds is 7. The summed E-state index contributed by atoms with van der Waals surface area (Å²) < 4.78 is 0. The number of nitrogens with two attached hydrogens (primary N) is 2. The van der Waals surface area contributed by atoms with Crippen LogP contribution >= 0.6 is 0 Å². The Labute approximate surface area is 239 Å². The van der Waals surface area contributed by atoms with Crippen LogP contribution in [-0.2, 0) is 9.59 Å². The highest BCUT2D eigenvalue weighted by Gasteiger charge is 2.33. The van der Waals surface area contributed by atoms with Gasteiger partial charge in [0.1, 0.15) is 11.6 Å². The van der Waals surface area contributed by atoms with Crippen molar-refractivity contribution in [3.05, 3.63) is 72.6 Å². The van der Waals surface area contributed by atoms with Gasteiger partial charge < -0.3 is 31.2 Å². The zero-order chi connectivity index (χ0) is 28.5. The van der Waals surface area contributed by atoms with Crippen molar-refractivity contribution >= 4 is 11.8 Å². The number of benzene rings is 2. The minimum absolute atomic E-state index is 0.0193. The standard InChI is InChI=1S/C31H36N8O2/c1-19(33)31(41)39-15-3-5-27(39)30-35-18-25(37-30)23-12-8-21(9-13-23)20-6-10-22(11-7-20)24-17-34-29(36-24)26-4-2-14-38(26)28(40)16-32/h6-13,17-19,26-27H,2-5,14-16,32-33H2,1H3,(H,34,36)(H,35,37)/t19-,26-,27-/m0/s1. The molecule has 6 N–H and O–H groups in total. The molecule has 10 nitrogen and oxygen atoms in total. The van der Waals surface area contributed by atoms with E-state index < -0.39 is 6.04 Å². The maximum atomic E-state index is 12.5. The summed E-state index contributed by atoms with van der Waals surface area (Å²) in [6.07, 6.45) is 7.34. The summed E-state index contributed by atoms with van der Waals surface area (Å²) in [6, 6.07) is 16.1. The maximum absolute atomic E-state index is 12.5. The fourth-order valence-corrected chi connectivity index (χ4v) is 6.03. The van der Waals surface area contributed by atoms with Crippen molar-refractivity contribution in [3.8, 4) is 33.6 Å². The molecule has 2 aliphatic heterocycles. The van der Waals surface area contributed by atoms with Crippen LogP contribution in [0.3, 0.4) is 0 Å². The highest BCUT2D eigenvalue weighted by Crippen LogP contribution is 2.34. The number of carbonyl (C=O) groups is 2. The molecule has 2 aliphatic rings. The zero-order valence-corrected chi connectivity index (χ0v) is 23.2. The molecule has 41 heavy (non-hydrogen) atoms. The molecule has 2 aromatic carbocycles. The Morgan fingerprint density at radius 3 is 1.71 bits per heavy atom. The molecule has 0 saturated carbocycles. The molecule has 212 valence electrons. The van der Waals surface area contributed by atoms with Gasteiger partial charge in [0.2, 0.25) is 11.8 Å². The van der Waals surface area contributed by atoms with Crippen LogP contribution < -0.4 is 11.5 Å². The lowest BCUT2D eigenvalue weighted by Crippen LogP contribution is -2.41. The average molecular weight is 553 g/mol. The second-order valence-electron chi connectivity index (χ2n) is 10.9. The van der Waals surface area contributed by atoms with Gasteiger partial charge >= 0.3 is 0 Å². The lowest BCUT2D eigenvalue weighted by Gasteiger charge is -2.24. The molecule has 2 amide bonds. The van der Waals surface area contributed by atoms with E-state index >= 15 is 0 Å². The van der Waals surface area contributed by atoms with Gasteiger partial charge in [0.05, 0.1) is 48.5 Å². The number of amides is 2. The number of nitrogens with one attached hydrogen (secondary N) is 2. The average Bonchev–Trinajstić information content (AvgIpc) is 3.82. The van der Waals surface area contributed by atoms with Gasteiger partial charge in [0, 0.05) is 13.1 Å². The van der Waals surface area contributed by atoms with E-state index in [2.05, 4.69) is 68.5 Å². The largest absolute Gasteiger partial charge is 0.340 e. The summed E-state index contributed by atoms with van der Waals surface area (Å²) in [6.45, 7) is 3.18. The number of H-pyrrole nitrogens is 2. The van der Waals surface area contributed by atoms with Gasteiger partial charge in [0.15, 0.2) is 0 Å². The third-order valence-electron chi connectivity index (χ3n) is 8.22. The molecule has 0 unspecified atom stereocenters. The van der Waals surface area contributed by atoms with Gasteiger partial charge in [-0.05, 0) is 54.9 Å². The molecule has 4 aromatic rings. The lowest BCUT2D eigenvalue weighted by atomic mass is 10.0. The lowest BCUT2D eigenvalue weighted by molar-refractivity contribution is -0.133. The van der Waals surface area contributed by atoms with Crippen molar-refractivity contribution < 1.29 is 9.59 Å². The normalized spacial score (nSPS) is 19.6.